The van der Waals surface area contributed by atoms with Gasteiger partial charge < -0.3 is 15.8 Å². The number of nitrogens with one attached hydrogen (secondary N) is 1. The van der Waals surface area contributed by atoms with Gasteiger partial charge in [0.05, 0.1) is 17.1 Å². The molecule has 10 heteroatoms. The average molecular weight is 382 g/mol. The summed E-state index contributed by atoms with van der Waals surface area (Å²) in [4.78, 5) is 24.9. The van der Waals surface area contributed by atoms with Gasteiger partial charge in [0.15, 0.2) is 5.60 Å². The fourth-order valence-corrected chi connectivity index (χ4v) is 4.40. The summed E-state index contributed by atoms with van der Waals surface area (Å²) in [6.07, 6.45) is 0. The van der Waals surface area contributed by atoms with Crippen LogP contribution in [0.4, 0.5) is 5.69 Å². The molecule has 1 aromatic rings. The quantitative estimate of drug-likeness (QED) is 0.730. The fourth-order valence-electron chi connectivity index (χ4n) is 2.95. The predicted octanol–water partition coefficient (Wildman–Crippen LogP) is -0.412. The number of benzene rings is 1. The Morgan fingerprint density at radius 3 is 2.54 bits per heavy atom. The van der Waals surface area contributed by atoms with Crippen molar-refractivity contribution in [1.29, 1.82) is 0 Å². The molecule has 1 fully saturated rings. The average Bonchev–Trinajstić information content (AvgIpc) is 2.55. The van der Waals surface area contributed by atoms with Crippen LogP contribution in [0.15, 0.2) is 23.1 Å². The van der Waals surface area contributed by atoms with Gasteiger partial charge in [0.1, 0.15) is 5.75 Å². The molecule has 1 aromatic carbocycles. The van der Waals surface area contributed by atoms with Crippen LogP contribution >= 0.6 is 0 Å². The van der Waals surface area contributed by atoms with Gasteiger partial charge in [-0.05, 0) is 32.0 Å². The van der Waals surface area contributed by atoms with Crippen molar-refractivity contribution in [2.75, 3.05) is 38.0 Å². The summed E-state index contributed by atoms with van der Waals surface area (Å²) in [6, 6.07) is 4.43. The molecule has 2 aliphatic heterocycles. The lowest BCUT2D eigenvalue weighted by atomic mass is 10.1. The molecule has 2 aliphatic rings. The number of ether oxygens (including phenoxy) is 1. The van der Waals surface area contributed by atoms with E-state index in [1.807, 2.05) is 4.90 Å². The number of nitrogens with two attached hydrogens (primary N) is 1. The zero-order chi connectivity index (χ0) is 19.1. The minimum atomic E-state index is -3.71. The molecule has 142 valence electrons. The molecule has 0 radical (unpaired) electrons. The Kier molecular flexibility index (Phi) is 4.67. The number of sulfonamides is 1. The van der Waals surface area contributed by atoms with Gasteiger partial charge in [0, 0.05) is 26.2 Å². The number of primary amides is 1. The second-order valence-electron chi connectivity index (χ2n) is 6.87. The zero-order valence-electron chi connectivity index (χ0n) is 14.7. The number of amides is 2. The summed E-state index contributed by atoms with van der Waals surface area (Å²) in [7, 11) is -3.71. The van der Waals surface area contributed by atoms with Crippen LogP contribution in [0.2, 0.25) is 0 Å². The third kappa shape index (κ3) is 3.53. The van der Waals surface area contributed by atoms with Crippen LogP contribution in [0.5, 0.6) is 5.75 Å². The fraction of sp³-hybridized carbons (Fsp3) is 0.500. The molecule has 9 nitrogen and oxygen atoms in total. The highest BCUT2D eigenvalue weighted by Crippen LogP contribution is 2.35. The van der Waals surface area contributed by atoms with Gasteiger partial charge >= 0.3 is 0 Å². The van der Waals surface area contributed by atoms with Crippen LogP contribution in [0.3, 0.4) is 0 Å². The zero-order valence-corrected chi connectivity index (χ0v) is 15.5. The first-order valence-corrected chi connectivity index (χ1v) is 9.69. The third-order valence-electron chi connectivity index (χ3n) is 4.46. The molecular formula is C16H22N4O5S. The topological polar surface area (TPSA) is 122 Å². The third-order valence-corrected chi connectivity index (χ3v) is 6.35. The smallest absolute Gasteiger partial charge is 0.268 e. The number of rotatable bonds is 4. The highest BCUT2D eigenvalue weighted by Gasteiger charge is 2.36. The van der Waals surface area contributed by atoms with E-state index in [9.17, 15) is 18.0 Å². The predicted molar refractivity (Wildman–Crippen MR) is 94.2 cm³/mol. The van der Waals surface area contributed by atoms with Crippen molar-refractivity contribution in [3.8, 4) is 5.75 Å². The molecule has 0 bridgehead atoms. The van der Waals surface area contributed by atoms with Crippen molar-refractivity contribution >= 4 is 27.5 Å². The van der Waals surface area contributed by atoms with Gasteiger partial charge in [-0.15, -0.1) is 0 Å². The summed E-state index contributed by atoms with van der Waals surface area (Å²) in [6.45, 7) is 4.79. The van der Waals surface area contributed by atoms with Crippen molar-refractivity contribution < 1.29 is 22.7 Å². The van der Waals surface area contributed by atoms with Gasteiger partial charge in [-0.2, -0.15) is 4.31 Å². The van der Waals surface area contributed by atoms with Crippen molar-refractivity contribution in [2.45, 2.75) is 24.3 Å². The van der Waals surface area contributed by atoms with Crippen LogP contribution in [-0.4, -0.2) is 67.8 Å². The highest BCUT2D eigenvalue weighted by atomic mass is 32.2. The lowest BCUT2D eigenvalue weighted by molar-refractivity contribution is -0.129. The standard InChI is InChI=1S/C16H22N4O5S/c1-16(2)15(22)18-12-9-11(3-4-13(12)25-16)26(23,24)20-7-5-19(6-8-20)10-14(17)21/h3-4,9H,5-8,10H2,1-2H3,(H2,17,21)(H,18,22). The van der Waals surface area contributed by atoms with Crippen LogP contribution in [0.1, 0.15) is 13.8 Å². The van der Waals surface area contributed by atoms with Crippen LogP contribution in [0, 0.1) is 0 Å². The number of hydrogen-bond acceptors (Lipinski definition) is 6. The Hall–Kier alpha value is -2.17. The summed E-state index contributed by atoms with van der Waals surface area (Å²) < 4.78 is 32.7. The molecular weight excluding hydrogens is 360 g/mol. The normalized spacial score (nSPS) is 20.8. The first kappa shape index (κ1) is 18.6. The highest BCUT2D eigenvalue weighted by molar-refractivity contribution is 7.89. The maximum absolute atomic E-state index is 12.9. The first-order valence-electron chi connectivity index (χ1n) is 8.25. The number of carbonyl (C=O) groups excluding carboxylic acids is 2. The molecule has 0 saturated carbocycles. The number of anilines is 1. The van der Waals surface area contributed by atoms with Crippen molar-refractivity contribution in [3.05, 3.63) is 18.2 Å². The minimum absolute atomic E-state index is 0.0863. The van der Waals surface area contributed by atoms with Gasteiger partial charge in [-0.1, -0.05) is 0 Å². The number of carbonyl (C=O) groups is 2. The SMILES string of the molecule is CC1(C)Oc2ccc(S(=O)(=O)N3CCN(CC(N)=O)CC3)cc2NC1=O. The minimum Gasteiger partial charge on any atom is -0.476 e. The van der Waals surface area contributed by atoms with E-state index in [1.165, 1.54) is 16.4 Å². The molecule has 0 aliphatic carbocycles. The van der Waals surface area contributed by atoms with Crippen molar-refractivity contribution in [1.82, 2.24) is 9.21 Å². The molecule has 1 saturated heterocycles. The largest absolute Gasteiger partial charge is 0.476 e. The van der Waals surface area contributed by atoms with Crippen LogP contribution in [-0.2, 0) is 19.6 Å². The molecule has 0 unspecified atom stereocenters. The Balaban J connectivity index is 1.78. The molecule has 0 aromatic heterocycles. The summed E-state index contributed by atoms with van der Waals surface area (Å²) in [5, 5.41) is 2.69. The van der Waals surface area contributed by atoms with Gasteiger partial charge in [-0.3, -0.25) is 14.5 Å². The lowest BCUT2D eigenvalue weighted by Gasteiger charge is -2.34. The van der Waals surface area contributed by atoms with Crippen LogP contribution < -0.4 is 15.8 Å². The summed E-state index contributed by atoms with van der Waals surface area (Å²) >= 11 is 0. The van der Waals surface area contributed by atoms with E-state index >= 15 is 0 Å². The lowest BCUT2D eigenvalue weighted by Crippen LogP contribution is -2.50. The molecule has 3 N–H and O–H groups in total. The number of fused-ring (bicyclic) bond motifs is 1. The van der Waals surface area contributed by atoms with E-state index in [2.05, 4.69) is 5.32 Å². The summed E-state index contributed by atoms with van der Waals surface area (Å²) in [5.41, 5.74) is 4.50. The van der Waals surface area contributed by atoms with E-state index < -0.39 is 21.5 Å². The van der Waals surface area contributed by atoms with Gasteiger partial charge in [0.25, 0.3) is 5.91 Å². The maximum Gasteiger partial charge on any atom is 0.268 e. The molecule has 0 atom stereocenters. The second kappa shape index (κ2) is 6.53. The molecule has 0 spiro atoms. The van der Waals surface area contributed by atoms with Crippen LogP contribution in [0.25, 0.3) is 0 Å². The molecule has 26 heavy (non-hydrogen) atoms. The van der Waals surface area contributed by atoms with E-state index in [0.717, 1.165) is 0 Å². The maximum atomic E-state index is 12.9. The van der Waals surface area contributed by atoms with E-state index in [4.69, 9.17) is 10.5 Å². The number of hydrogen-bond donors (Lipinski definition) is 2. The van der Waals surface area contributed by atoms with E-state index in [1.54, 1.807) is 19.9 Å². The molecule has 2 heterocycles. The Bertz CT molecular complexity index is 844. The van der Waals surface area contributed by atoms with Gasteiger partial charge in [0.2, 0.25) is 15.9 Å². The Morgan fingerprint density at radius 2 is 1.92 bits per heavy atom. The summed E-state index contributed by atoms with van der Waals surface area (Å²) in [5.74, 6) is -0.339. The van der Waals surface area contributed by atoms with E-state index in [-0.39, 0.29) is 30.4 Å². The molecule has 3 rings (SSSR count). The first-order chi connectivity index (χ1) is 12.1. The van der Waals surface area contributed by atoms with Crippen molar-refractivity contribution in [3.63, 3.8) is 0 Å². The Labute approximate surface area is 152 Å². The molecule has 2 amide bonds. The monoisotopic (exact) mass is 382 g/mol. The van der Waals surface area contributed by atoms with Gasteiger partial charge in [-0.25, -0.2) is 8.42 Å². The number of nitrogens with zero attached hydrogens (tertiary/aromatic N) is 2. The van der Waals surface area contributed by atoms with Crippen molar-refractivity contribution in [2.24, 2.45) is 5.73 Å². The second-order valence-corrected chi connectivity index (χ2v) is 8.81. The Morgan fingerprint density at radius 1 is 1.27 bits per heavy atom. The number of piperazine rings is 1. The van der Waals surface area contributed by atoms with E-state index in [0.29, 0.717) is 24.5 Å².